The highest BCUT2D eigenvalue weighted by Crippen LogP contribution is 2.54. The van der Waals surface area contributed by atoms with E-state index in [1.165, 1.54) is 4.90 Å². The molecule has 3 aliphatic rings. The number of aliphatic hydroxyl groups is 3. The van der Waals surface area contributed by atoms with E-state index in [1.54, 1.807) is 14.1 Å². The van der Waals surface area contributed by atoms with Gasteiger partial charge in [0, 0.05) is 44.4 Å². The van der Waals surface area contributed by atoms with E-state index in [2.05, 4.69) is 31.3 Å². The van der Waals surface area contributed by atoms with Crippen molar-refractivity contribution in [3.8, 4) is 0 Å². The Labute approximate surface area is 238 Å². The molecule has 3 aliphatic carbocycles. The molecule has 0 saturated heterocycles. The van der Waals surface area contributed by atoms with Gasteiger partial charge in [0.25, 0.3) is 5.91 Å². The number of nitrogens with zero attached hydrogens (tertiary/aromatic N) is 3. The van der Waals surface area contributed by atoms with Crippen LogP contribution in [-0.4, -0.2) is 84.1 Å². The average Bonchev–Trinajstić information content (AvgIpc) is 2.84. The Balaban J connectivity index is 1.95. The van der Waals surface area contributed by atoms with Crippen molar-refractivity contribution in [1.29, 1.82) is 0 Å². The maximum atomic E-state index is 14.1. The summed E-state index contributed by atoms with van der Waals surface area (Å²) in [6.07, 6.45) is 0.234. The Morgan fingerprint density at radius 1 is 1.20 bits per heavy atom. The standard InChI is InChI=1S/C29H39N5O7/c1-28(2,3)12-31-11-14-10-17(33(4)5)15-8-13-9-16-22(34(6)7)24(36)20(27(30)39)26(38)29(16,40)25(37)18(13)23(35)19(15)21(14)32-41/h10,13,16,22,31,35,38,40H,8-9,11-12H2,1-7H3,(H2,30,39)/t13-,16-,22-,29-/m0/s1. The van der Waals surface area contributed by atoms with Gasteiger partial charge in [-0.2, -0.15) is 0 Å². The molecule has 41 heavy (non-hydrogen) atoms. The average molecular weight is 570 g/mol. The van der Waals surface area contributed by atoms with Crippen molar-refractivity contribution in [2.75, 3.05) is 39.6 Å². The van der Waals surface area contributed by atoms with E-state index in [0.717, 1.165) is 5.69 Å². The van der Waals surface area contributed by atoms with Gasteiger partial charge < -0.3 is 31.3 Å². The summed E-state index contributed by atoms with van der Waals surface area (Å²) in [7, 11) is 6.78. The minimum atomic E-state index is -2.68. The molecule has 0 radical (unpaired) electrons. The number of fused-ring (bicyclic) bond motifs is 3. The van der Waals surface area contributed by atoms with Crippen molar-refractivity contribution in [3.63, 3.8) is 0 Å². The Kier molecular flexibility index (Phi) is 7.65. The zero-order valence-electron chi connectivity index (χ0n) is 24.5. The number of nitroso groups, excluding NO2 is 1. The summed E-state index contributed by atoms with van der Waals surface area (Å²) >= 11 is 0. The minimum absolute atomic E-state index is 0.0252. The van der Waals surface area contributed by atoms with Gasteiger partial charge in [-0.25, -0.2) is 0 Å². The molecular weight excluding hydrogens is 530 g/mol. The number of primary amides is 1. The van der Waals surface area contributed by atoms with E-state index in [4.69, 9.17) is 5.73 Å². The minimum Gasteiger partial charge on any atom is -0.508 e. The normalized spacial score (nSPS) is 26.1. The van der Waals surface area contributed by atoms with Gasteiger partial charge in [-0.05, 0) is 60.6 Å². The number of benzene rings is 1. The second kappa shape index (κ2) is 10.3. The van der Waals surface area contributed by atoms with Crippen LogP contribution in [0.15, 0.2) is 28.1 Å². The van der Waals surface area contributed by atoms with Crippen LogP contribution >= 0.6 is 0 Å². The maximum absolute atomic E-state index is 14.1. The lowest BCUT2D eigenvalue weighted by atomic mass is 9.57. The first-order chi connectivity index (χ1) is 19.0. The summed E-state index contributed by atoms with van der Waals surface area (Å²) in [5.74, 6) is -6.52. The third kappa shape index (κ3) is 4.73. The van der Waals surface area contributed by atoms with Crippen molar-refractivity contribution < 1.29 is 29.7 Å². The first-order valence-corrected chi connectivity index (χ1v) is 13.5. The van der Waals surface area contributed by atoms with Crippen molar-refractivity contribution >= 4 is 34.6 Å². The Morgan fingerprint density at radius 2 is 1.83 bits per heavy atom. The second-order valence-electron chi connectivity index (χ2n) is 12.9. The van der Waals surface area contributed by atoms with Crippen LogP contribution in [0.4, 0.5) is 11.4 Å². The van der Waals surface area contributed by atoms with E-state index in [-0.39, 0.29) is 41.6 Å². The number of carbonyl (C=O) groups excluding carboxylic acids is 3. The number of nitrogens with one attached hydrogen (secondary N) is 1. The first-order valence-electron chi connectivity index (χ1n) is 13.5. The quantitative estimate of drug-likeness (QED) is 0.240. The molecule has 0 heterocycles. The Hall–Kier alpha value is -3.61. The summed E-state index contributed by atoms with van der Waals surface area (Å²) in [4.78, 5) is 55.1. The van der Waals surface area contributed by atoms with E-state index in [1.807, 2.05) is 25.1 Å². The van der Waals surface area contributed by atoms with Gasteiger partial charge in [0.2, 0.25) is 5.78 Å². The highest BCUT2D eigenvalue weighted by molar-refractivity contribution is 6.24. The summed E-state index contributed by atoms with van der Waals surface area (Å²) in [5.41, 5.74) is 3.55. The third-order valence-corrected chi connectivity index (χ3v) is 8.32. The predicted molar refractivity (Wildman–Crippen MR) is 154 cm³/mol. The summed E-state index contributed by atoms with van der Waals surface area (Å²) < 4.78 is 0. The van der Waals surface area contributed by atoms with Crippen LogP contribution in [0.3, 0.4) is 0 Å². The van der Waals surface area contributed by atoms with Crippen LogP contribution < -0.4 is 16.0 Å². The lowest BCUT2D eigenvalue weighted by Gasteiger charge is -2.50. The van der Waals surface area contributed by atoms with Gasteiger partial charge in [-0.3, -0.25) is 19.3 Å². The predicted octanol–water partition coefficient (Wildman–Crippen LogP) is 1.86. The SMILES string of the molecule is CN(C)c1cc(CNCC(C)(C)C)c(N=O)c2c1C[C@H]1C[C@H]3[C@H](N(C)C)C(=O)C(C(N)=O)=C(O)[C@@]3(O)C(=O)C1=C2O. The van der Waals surface area contributed by atoms with Gasteiger partial charge in [0.1, 0.15) is 22.8 Å². The molecule has 0 unspecified atom stereocenters. The lowest BCUT2D eigenvalue weighted by molar-refractivity contribution is -0.153. The third-order valence-electron chi connectivity index (χ3n) is 8.32. The molecule has 0 bridgehead atoms. The largest absolute Gasteiger partial charge is 0.508 e. The summed E-state index contributed by atoms with van der Waals surface area (Å²) in [6, 6.07) is 0.703. The molecule has 1 fully saturated rings. The van der Waals surface area contributed by atoms with Gasteiger partial charge in [-0.15, -0.1) is 4.91 Å². The molecule has 1 amide bonds. The topological polar surface area (TPSA) is 186 Å². The molecule has 4 rings (SSSR count). The maximum Gasteiger partial charge on any atom is 0.255 e. The first kappa shape index (κ1) is 30.4. The number of hydrogen-bond donors (Lipinski definition) is 5. The van der Waals surface area contributed by atoms with Gasteiger partial charge in [-0.1, -0.05) is 20.8 Å². The highest BCUT2D eigenvalue weighted by Gasteiger charge is 2.64. The number of ketones is 2. The molecule has 1 aromatic rings. The number of hydrogen-bond acceptors (Lipinski definition) is 11. The fourth-order valence-corrected chi connectivity index (χ4v) is 6.56. The second-order valence-corrected chi connectivity index (χ2v) is 12.9. The van der Waals surface area contributed by atoms with Gasteiger partial charge >= 0.3 is 0 Å². The molecule has 12 heteroatoms. The van der Waals surface area contributed by atoms with Crippen molar-refractivity contribution in [2.24, 2.45) is 28.2 Å². The zero-order valence-corrected chi connectivity index (χ0v) is 24.5. The monoisotopic (exact) mass is 569 g/mol. The lowest BCUT2D eigenvalue weighted by Crippen LogP contribution is -2.65. The van der Waals surface area contributed by atoms with Crippen molar-refractivity contribution in [2.45, 2.75) is 51.8 Å². The molecule has 1 saturated carbocycles. The van der Waals surface area contributed by atoms with Crippen molar-refractivity contribution in [1.82, 2.24) is 10.2 Å². The molecule has 12 nitrogen and oxygen atoms in total. The molecule has 1 aromatic carbocycles. The van der Waals surface area contributed by atoms with E-state index >= 15 is 0 Å². The smallest absolute Gasteiger partial charge is 0.255 e. The highest BCUT2D eigenvalue weighted by atomic mass is 16.3. The van der Waals surface area contributed by atoms with Gasteiger partial charge in [0.05, 0.1) is 11.6 Å². The van der Waals surface area contributed by atoms with Gasteiger partial charge in [0.15, 0.2) is 11.4 Å². The molecule has 4 atom stereocenters. The summed E-state index contributed by atoms with van der Waals surface area (Å²) in [6.45, 7) is 7.10. The molecule has 0 spiro atoms. The number of likely N-dealkylation sites (N-methyl/N-ethyl adjacent to an activating group) is 1. The van der Waals surface area contributed by atoms with E-state index in [0.29, 0.717) is 17.7 Å². The molecule has 6 N–H and O–H groups in total. The molecule has 0 aromatic heterocycles. The van der Waals surface area contributed by atoms with Crippen LogP contribution in [0, 0.1) is 22.2 Å². The van der Waals surface area contributed by atoms with Crippen LogP contribution in [0.1, 0.15) is 43.9 Å². The Morgan fingerprint density at radius 3 is 2.34 bits per heavy atom. The number of amides is 1. The van der Waals surface area contributed by atoms with Crippen LogP contribution in [0.2, 0.25) is 0 Å². The number of anilines is 1. The number of Topliss-reactive ketones (excluding diaryl/α,β-unsaturated/α-hetero) is 2. The number of aliphatic hydroxyl groups excluding tert-OH is 2. The zero-order chi connectivity index (χ0) is 30.8. The fourth-order valence-electron chi connectivity index (χ4n) is 6.56. The summed E-state index contributed by atoms with van der Waals surface area (Å²) in [5, 5.41) is 41.1. The number of nitrogens with two attached hydrogens (primary N) is 1. The fraction of sp³-hybridized carbons (Fsp3) is 0.552. The van der Waals surface area contributed by atoms with Crippen LogP contribution in [0.25, 0.3) is 5.76 Å². The van der Waals surface area contributed by atoms with E-state index in [9.17, 15) is 34.6 Å². The van der Waals surface area contributed by atoms with Crippen molar-refractivity contribution in [3.05, 3.63) is 44.6 Å². The molecule has 222 valence electrons. The molecular formula is C29H39N5O7. The van der Waals surface area contributed by atoms with Crippen LogP contribution in [0.5, 0.6) is 0 Å². The number of carbonyl (C=O) groups is 3. The van der Waals surface area contributed by atoms with E-state index < -0.39 is 58.0 Å². The number of rotatable bonds is 7. The van der Waals surface area contributed by atoms with Crippen LogP contribution in [-0.2, 0) is 27.3 Å². The Bertz CT molecular complexity index is 1400. The molecule has 0 aliphatic heterocycles.